The highest BCUT2D eigenvalue weighted by Crippen LogP contribution is 2.19. The van der Waals surface area contributed by atoms with Gasteiger partial charge in [-0.15, -0.1) is 0 Å². The molecule has 3 N–H and O–H groups in total. The zero-order chi connectivity index (χ0) is 18.9. The highest BCUT2D eigenvalue weighted by atomic mass is 16.3. The number of aliphatic hydroxyl groups is 1. The predicted molar refractivity (Wildman–Crippen MR) is 112 cm³/mol. The lowest BCUT2D eigenvalue weighted by Gasteiger charge is -2.35. The third kappa shape index (κ3) is 5.47. The van der Waals surface area contributed by atoms with Gasteiger partial charge in [0.15, 0.2) is 5.96 Å². The van der Waals surface area contributed by atoms with Gasteiger partial charge in [0.1, 0.15) is 0 Å². The molecular formula is C22H30N4O. The van der Waals surface area contributed by atoms with Gasteiger partial charge in [0.05, 0.1) is 13.2 Å². The number of guanidine groups is 1. The molecule has 0 aliphatic carbocycles. The molecule has 27 heavy (non-hydrogen) atoms. The summed E-state index contributed by atoms with van der Waals surface area (Å²) < 4.78 is 0. The Morgan fingerprint density at radius 1 is 1.11 bits per heavy atom. The number of benzene rings is 2. The van der Waals surface area contributed by atoms with Crippen LogP contribution in [0.3, 0.4) is 0 Å². The van der Waals surface area contributed by atoms with Gasteiger partial charge < -0.3 is 20.6 Å². The van der Waals surface area contributed by atoms with Crippen molar-refractivity contribution in [1.82, 2.24) is 10.6 Å². The van der Waals surface area contributed by atoms with Crippen molar-refractivity contribution in [2.75, 3.05) is 24.5 Å². The largest absolute Gasteiger partial charge is 0.392 e. The first-order chi connectivity index (χ1) is 13.3. The molecule has 1 unspecified atom stereocenters. The van der Waals surface area contributed by atoms with Crippen molar-refractivity contribution in [2.24, 2.45) is 4.99 Å². The lowest BCUT2D eigenvalue weighted by Crippen LogP contribution is -2.51. The van der Waals surface area contributed by atoms with Gasteiger partial charge in [0, 0.05) is 31.4 Å². The van der Waals surface area contributed by atoms with Crippen molar-refractivity contribution in [1.29, 1.82) is 0 Å². The first-order valence-corrected chi connectivity index (χ1v) is 9.82. The second kappa shape index (κ2) is 9.97. The van der Waals surface area contributed by atoms with E-state index in [1.54, 1.807) is 0 Å². The predicted octanol–water partition coefficient (Wildman–Crippen LogP) is 2.90. The van der Waals surface area contributed by atoms with E-state index in [4.69, 9.17) is 4.99 Å². The number of para-hydroxylation sites is 1. The van der Waals surface area contributed by atoms with Crippen LogP contribution in [0.1, 0.15) is 30.9 Å². The summed E-state index contributed by atoms with van der Waals surface area (Å²) in [6, 6.07) is 18.9. The maximum absolute atomic E-state index is 9.50. The molecule has 1 fully saturated rings. The number of hydrogen-bond donors (Lipinski definition) is 3. The molecule has 0 radical (unpaired) electrons. The molecule has 0 bridgehead atoms. The van der Waals surface area contributed by atoms with Crippen molar-refractivity contribution in [3.8, 4) is 0 Å². The Bertz CT molecular complexity index is 732. The van der Waals surface area contributed by atoms with E-state index >= 15 is 0 Å². The SMILES string of the molecule is CCNC(=NCc1ccccc1CO)NC1CCCN(c2ccccc2)C1. The minimum absolute atomic E-state index is 0.0460. The zero-order valence-electron chi connectivity index (χ0n) is 16.1. The average Bonchev–Trinajstić information content (AvgIpc) is 2.73. The van der Waals surface area contributed by atoms with E-state index in [1.165, 1.54) is 12.1 Å². The van der Waals surface area contributed by atoms with Crippen molar-refractivity contribution in [3.05, 3.63) is 65.7 Å². The molecular weight excluding hydrogens is 336 g/mol. The summed E-state index contributed by atoms with van der Waals surface area (Å²) in [6.07, 6.45) is 2.31. The molecule has 2 aromatic carbocycles. The van der Waals surface area contributed by atoms with Crippen LogP contribution in [0.15, 0.2) is 59.6 Å². The minimum Gasteiger partial charge on any atom is -0.392 e. The fourth-order valence-electron chi connectivity index (χ4n) is 3.51. The van der Waals surface area contributed by atoms with Crippen LogP contribution in [0.25, 0.3) is 0 Å². The molecule has 1 heterocycles. The van der Waals surface area contributed by atoms with Crippen LogP contribution in [0.5, 0.6) is 0 Å². The summed E-state index contributed by atoms with van der Waals surface area (Å²) in [5.41, 5.74) is 3.28. The molecule has 1 aliphatic heterocycles. The molecule has 144 valence electrons. The Labute approximate surface area is 162 Å². The fraction of sp³-hybridized carbons (Fsp3) is 0.409. The van der Waals surface area contributed by atoms with E-state index in [2.05, 4.69) is 52.8 Å². The summed E-state index contributed by atoms with van der Waals surface area (Å²) in [5, 5.41) is 16.4. The van der Waals surface area contributed by atoms with Crippen molar-refractivity contribution in [2.45, 2.75) is 39.0 Å². The molecule has 5 heteroatoms. The van der Waals surface area contributed by atoms with E-state index in [0.29, 0.717) is 12.6 Å². The van der Waals surface area contributed by atoms with Gasteiger partial charge in [0.25, 0.3) is 0 Å². The summed E-state index contributed by atoms with van der Waals surface area (Å²) in [6.45, 7) is 5.57. The van der Waals surface area contributed by atoms with Gasteiger partial charge in [-0.2, -0.15) is 0 Å². The Kier molecular flexibility index (Phi) is 7.11. The monoisotopic (exact) mass is 366 g/mol. The number of aliphatic hydroxyl groups excluding tert-OH is 1. The van der Waals surface area contributed by atoms with Crippen molar-refractivity contribution in [3.63, 3.8) is 0 Å². The fourth-order valence-corrected chi connectivity index (χ4v) is 3.51. The van der Waals surface area contributed by atoms with E-state index in [-0.39, 0.29) is 6.61 Å². The minimum atomic E-state index is 0.0460. The van der Waals surface area contributed by atoms with Crippen LogP contribution in [0.2, 0.25) is 0 Å². The zero-order valence-corrected chi connectivity index (χ0v) is 16.1. The Morgan fingerprint density at radius 2 is 1.85 bits per heavy atom. The molecule has 1 saturated heterocycles. The molecule has 0 aromatic heterocycles. The topological polar surface area (TPSA) is 59.9 Å². The van der Waals surface area contributed by atoms with Crippen LogP contribution >= 0.6 is 0 Å². The summed E-state index contributed by atoms with van der Waals surface area (Å²) in [7, 11) is 0. The van der Waals surface area contributed by atoms with Gasteiger partial charge in [-0.05, 0) is 43.0 Å². The summed E-state index contributed by atoms with van der Waals surface area (Å²) >= 11 is 0. The Hall–Kier alpha value is -2.53. The van der Waals surface area contributed by atoms with Crippen LogP contribution in [-0.4, -0.2) is 36.7 Å². The smallest absolute Gasteiger partial charge is 0.191 e. The molecule has 1 aliphatic rings. The second-order valence-corrected chi connectivity index (χ2v) is 6.89. The maximum Gasteiger partial charge on any atom is 0.191 e. The van der Waals surface area contributed by atoms with Crippen molar-refractivity contribution < 1.29 is 5.11 Å². The van der Waals surface area contributed by atoms with E-state index in [9.17, 15) is 5.11 Å². The van der Waals surface area contributed by atoms with Gasteiger partial charge in [0.2, 0.25) is 0 Å². The second-order valence-electron chi connectivity index (χ2n) is 6.89. The van der Waals surface area contributed by atoms with E-state index in [1.807, 2.05) is 24.3 Å². The van der Waals surface area contributed by atoms with Crippen LogP contribution in [0, 0.1) is 0 Å². The van der Waals surface area contributed by atoms with Gasteiger partial charge in [-0.3, -0.25) is 0 Å². The van der Waals surface area contributed by atoms with Crippen LogP contribution < -0.4 is 15.5 Å². The van der Waals surface area contributed by atoms with Crippen LogP contribution in [-0.2, 0) is 13.2 Å². The summed E-state index contributed by atoms with van der Waals surface area (Å²) in [4.78, 5) is 7.19. The molecule has 0 spiro atoms. The number of aliphatic imine (C=N–C) groups is 1. The molecule has 0 amide bonds. The number of nitrogens with one attached hydrogen (secondary N) is 2. The van der Waals surface area contributed by atoms with Gasteiger partial charge >= 0.3 is 0 Å². The Balaban J connectivity index is 1.64. The molecule has 1 atom stereocenters. The lowest BCUT2D eigenvalue weighted by molar-refractivity contribution is 0.280. The maximum atomic E-state index is 9.50. The highest BCUT2D eigenvalue weighted by Gasteiger charge is 2.20. The van der Waals surface area contributed by atoms with E-state index in [0.717, 1.165) is 43.1 Å². The number of hydrogen-bond acceptors (Lipinski definition) is 3. The number of nitrogens with zero attached hydrogens (tertiary/aromatic N) is 2. The molecule has 2 aromatic rings. The number of rotatable bonds is 6. The van der Waals surface area contributed by atoms with E-state index < -0.39 is 0 Å². The standard InChI is InChI=1S/C22H30N4O/c1-2-23-22(24-15-18-9-6-7-10-19(18)17-27)25-20-11-8-14-26(16-20)21-12-4-3-5-13-21/h3-7,9-10,12-13,20,27H,2,8,11,14-17H2,1H3,(H2,23,24,25). The number of piperidine rings is 1. The summed E-state index contributed by atoms with van der Waals surface area (Å²) in [5.74, 6) is 0.838. The lowest BCUT2D eigenvalue weighted by atomic mass is 10.0. The molecule has 0 saturated carbocycles. The first kappa shape index (κ1) is 19.2. The average molecular weight is 367 g/mol. The third-order valence-corrected chi connectivity index (χ3v) is 4.92. The quantitative estimate of drug-likeness (QED) is 0.543. The van der Waals surface area contributed by atoms with Crippen LogP contribution in [0.4, 0.5) is 5.69 Å². The first-order valence-electron chi connectivity index (χ1n) is 9.82. The molecule has 5 nitrogen and oxygen atoms in total. The van der Waals surface area contributed by atoms with Crippen molar-refractivity contribution >= 4 is 11.6 Å². The van der Waals surface area contributed by atoms with Gasteiger partial charge in [-0.1, -0.05) is 42.5 Å². The van der Waals surface area contributed by atoms with Gasteiger partial charge in [-0.25, -0.2) is 4.99 Å². The Morgan fingerprint density at radius 3 is 2.59 bits per heavy atom. The number of anilines is 1. The highest BCUT2D eigenvalue weighted by molar-refractivity contribution is 5.80. The third-order valence-electron chi connectivity index (χ3n) is 4.92. The normalized spacial score (nSPS) is 17.6. The molecule has 3 rings (SSSR count).